The van der Waals surface area contributed by atoms with Crippen LogP contribution in [0.1, 0.15) is 10.5 Å². The Morgan fingerprint density at radius 3 is 2.24 bits per heavy atom. The van der Waals surface area contributed by atoms with Crippen molar-refractivity contribution in [3.05, 3.63) is 42.1 Å². The number of carbonyl (C=O) groups excluding carboxylic acids is 1. The molecule has 1 fully saturated rings. The van der Waals surface area contributed by atoms with Crippen LogP contribution in [0.15, 0.2) is 36.4 Å². The van der Waals surface area contributed by atoms with Crippen LogP contribution in [-0.2, 0) is 0 Å². The minimum absolute atomic E-state index is 0.0533. The van der Waals surface area contributed by atoms with Gasteiger partial charge in [0, 0.05) is 51.6 Å². The first-order chi connectivity index (χ1) is 12.0. The summed E-state index contributed by atoms with van der Waals surface area (Å²) in [5.41, 5.74) is 2.45. The summed E-state index contributed by atoms with van der Waals surface area (Å²) in [5.74, 6) is 0.565. The highest BCUT2D eigenvalue weighted by molar-refractivity contribution is 5.92. The molecule has 0 spiro atoms. The smallest absolute Gasteiger partial charge is 0.274 e. The van der Waals surface area contributed by atoms with Crippen molar-refractivity contribution in [1.29, 1.82) is 0 Å². The van der Waals surface area contributed by atoms with Crippen molar-refractivity contribution in [1.82, 2.24) is 20.0 Å². The van der Waals surface area contributed by atoms with Crippen LogP contribution < -0.4 is 10.2 Å². The van der Waals surface area contributed by atoms with Crippen molar-refractivity contribution in [3.8, 4) is 0 Å². The van der Waals surface area contributed by atoms with E-state index in [0.29, 0.717) is 11.5 Å². The number of likely N-dealkylation sites (N-methyl/N-ethyl adjacent to an activating group) is 1. The van der Waals surface area contributed by atoms with Crippen molar-refractivity contribution in [2.45, 2.75) is 0 Å². The first kappa shape index (κ1) is 17.2. The van der Waals surface area contributed by atoms with Gasteiger partial charge in [-0.2, -0.15) is 0 Å². The second-order valence-corrected chi connectivity index (χ2v) is 6.47. The van der Waals surface area contributed by atoms with E-state index in [1.807, 2.05) is 48.2 Å². The topological polar surface area (TPSA) is 64.6 Å². The summed E-state index contributed by atoms with van der Waals surface area (Å²) in [7, 11) is 6.07. The summed E-state index contributed by atoms with van der Waals surface area (Å²) >= 11 is 0. The molecule has 1 saturated heterocycles. The van der Waals surface area contributed by atoms with Crippen molar-refractivity contribution in [2.24, 2.45) is 0 Å². The fourth-order valence-corrected chi connectivity index (χ4v) is 2.68. The maximum absolute atomic E-state index is 12.5. The van der Waals surface area contributed by atoms with Crippen LogP contribution in [0.25, 0.3) is 0 Å². The zero-order chi connectivity index (χ0) is 17.8. The number of piperazine rings is 1. The number of nitrogens with one attached hydrogen (secondary N) is 1. The minimum atomic E-state index is -0.0533. The van der Waals surface area contributed by atoms with Crippen LogP contribution in [0.4, 0.5) is 17.2 Å². The van der Waals surface area contributed by atoms with Gasteiger partial charge in [0.05, 0.1) is 0 Å². The first-order valence-corrected chi connectivity index (χ1v) is 8.39. The van der Waals surface area contributed by atoms with Gasteiger partial charge in [0.2, 0.25) is 0 Å². The molecule has 0 unspecified atom stereocenters. The predicted octanol–water partition coefficient (Wildman–Crippen LogP) is 1.67. The number of carbonyl (C=O) groups is 1. The van der Waals surface area contributed by atoms with E-state index >= 15 is 0 Å². The molecule has 1 aliphatic heterocycles. The number of hydrogen-bond acceptors (Lipinski definition) is 6. The lowest BCUT2D eigenvalue weighted by atomic mass is 10.2. The second-order valence-electron chi connectivity index (χ2n) is 6.47. The normalized spacial score (nSPS) is 15.1. The van der Waals surface area contributed by atoms with Crippen LogP contribution in [-0.4, -0.2) is 73.2 Å². The predicted molar refractivity (Wildman–Crippen MR) is 99.5 cm³/mol. The Kier molecular flexibility index (Phi) is 5.14. The van der Waals surface area contributed by atoms with Gasteiger partial charge < -0.3 is 20.0 Å². The third-order valence-electron chi connectivity index (χ3n) is 4.33. The van der Waals surface area contributed by atoms with Crippen LogP contribution >= 0.6 is 0 Å². The molecule has 2 aromatic rings. The molecule has 25 heavy (non-hydrogen) atoms. The average Bonchev–Trinajstić information content (AvgIpc) is 2.63. The maximum atomic E-state index is 12.5. The molecule has 1 amide bonds. The monoisotopic (exact) mass is 340 g/mol. The molecular formula is C18H24N6O. The lowest BCUT2D eigenvalue weighted by molar-refractivity contribution is 0.0657. The van der Waals surface area contributed by atoms with Crippen LogP contribution in [0, 0.1) is 0 Å². The molecular weight excluding hydrogens is 316 g/mol. The molecule has 3 rings (SSSR count). The van der Waals surface area contributed by atoms with E-state index in [1.165, 1.54) is 0 Å². The number of hydrogen-bond donors (Lipinski definition) is 1. The molecule has 0 aliphatic carbocycles. The van der Waals surface area contributed by atoms with Crippen LogP contribution in [0.3, 0.4) is 0 Å². The molecule has 1 N–H and O–H groups in total. The van der Waals surface area contributed by atoms with E-state index in [0.717, 1.165) is 37.6 Å². The van der Waals surface area contributed by atoms with Gasteiger partial charge in [-0.1, -0.05) is 0 Å². The van der Waals surface area contributed by atoms with Crippen molar-refractivity contribution in [2.75, 3.05) is 57.5 Å². The lowest BCUT2D eigenvalue weighted by Gasteiger charge is -2.32. The summed E-state index contributed by atoms with van der Waals surface area (Å²) in [6, 6.07) is 11.5. The van der Waals surface area contributed by atoms with E-state index in [-0.39, 0.29) is 5.91 Å². The van der Waals surface area contributed by atoms with E-state index in [1.54, 1.807) is 12.1 Å². The number of benzene rings is 1. The number of rotatable bonds is 4. The first-order valence-electron chi connectivity index (χ1n) is 8.39. The fourth-order valence-electron chi connectivity index (χ4n) is 2.68. The molecule has 0 bridgehead atoms. The maximum Gasteiger partial charge on any atom is 0.274 e. The summed E-state index contributed by atoms with van der Waals surface area (Å²) in [6.07, 6.45) is 0. The highest BCUT2D eigenvalue weighted by atomic mass is 16.2. The van der Waals surface area contributed by atoms with Gasteiger partial charge in [-0.25, -0.2) is 0 Å². The largest absolute Gasteiger partial charge is 0.378 e. The lowest BCUT2D eigenvalue weighted by Crippen LogP contribution is -2.47. The van der Waals surface area contributed by atoms with Crippen molar-refractivity contribution < 1.29 is 4.79 Å². The summed E-state index contributed by atoms with van der Waals surface area (Å²) in [6.45, 7) is 3.24. The van der Waals surface area contributed by atoms with Gasteiger partial charge in [-0.05, 0) is 43.4 Å². The summed E-state index contributed by atoms with van der Waals surface area (Å²) in [4.78, 5) is 18.5. The van der Waals surface area contributed by atoms with Gasteiger partial charge in [0.25, 0.3) is 5.91 Å². The molecule has 2 heterocycles. The third kappa shape index (κ3) is 4.24. The highest BCUT2D eigenvalue weighted by Gasteiger charge is 2.21. The van der Waals surface area contributed by atoms with Crippen molar-refractivity contribution >= 4 is 23.1 Å². The standard InChI is InChI=1S/C18H24N6O/c1-22(2)15-6-4-14(5-7-15)19-17-9-8-16(20-21-17)18(25)24-12-10-23(3)11-13-24/h4-9H,10-13H2,1-3H3,(H,19,21). The minimum Gasteiger partial charge on any atom is -0.378 e. The van der Waals surface area contributed by atoms with Gasteiger partial charge in [-0.3, -0.25) is 4.79 Å². The summed E-state index contributed by atoms with van der Waals surface area (Å²) in [5, 5.41) is 11.4. The molecule has 0 saturated carbocycles. The average molecular weight is 340 g/mol. The Bertz CT molecular complexity index is 705. The van der Waals surface area contributed by atoms with E-state index < -0.39 is 0 Å². The highest BCUT2D eigenvalue weighted by Crippen LogP contribution is 2.18. The Hall–Kier alpha value is -2.67. The van der Waals surface area contributed by atoms with E-state index in [9.17, 15) is 4.79 Å². The number of aromatic nitrogens is 2. The van der Waals surface area contributed by atoms with E-state index in [4.69, 9.17) is 0 Å². The molecule has 0 radical (unpaired) electrons. The van der Waals surface area contributed by atoms with Crippen LogP contribution in [0.2, 0.25) is 0 Å². The Labute approximate surface area is 148 Å². The molecule has 1 aromatic heterocycles. The molecule has 1 aromatic carbocycles. The zero-order valence-electron chi connectivity index (χ0n) is 14.9. The Morgan fingerprint density at radius 2 is 1.68 bits per heavy atom. The Morgan fingerprint density at radius 1 is 1.00 bits per heavy atom. The van der Waals surface area contributed by atoms with Gasteiger partial charge in [-0.15, -0.1) is 10.2 Å². The van der Waals surface area contributed by atoms with Gasteiger partial charge >= 0.3 is 0 Å². The van der Waals surface area contributed by atoms with Gasteiger partial charge in [0.1, 0.15) is 0 Å². The zero-order valence-corrected chi connectivity index (χ0v) is 14.9. The SMILES string of the molecule is CN1CCN(C(=O)c2ccc(Nc3ccc(N(C)C)cc3)nn2)CC1. The quantitative estimate of drug-likeness (QED) is 0.913. The second kappa shape index (κ2) is 7.48. The number of amides is 1. The molecule has 1 aliphatic rings. The fraction of sp³-hybridized carbons (Fsp3) is 0.389. The molecule has 132 valence electrons. The van der Waals surface area contributed by atoms with E-state index in [2.05, 4.69) is 27.5 Å². The number of nitrogens with zero attached hydrogens (tertiary/aromatic N) is 5. The van der Waals surface area contributed by atoms with Crippen LogP contribution in [0.5, 0.6) is 0 Å². The molecule has 7 heteroatoms. The molecule has 0 atom stereocenters. The number of anilines is 3. The Balaban J connectivity index is 1.62. The molecule has 7 nitrogen and oxygen atoms in total. The third-order valence-corrected chi connectivity index (χ3v) is 4.33. The van der Waals surface area contributed by atoms with Gasteiger partial charge in [0.15, 0.2) is 11.5 Å². The van der Waals surface area contributed by atoms with Crippen molar-refractivity contribution in [3.63, 3.8) is 0 Å². The summed E-state index contributed by atoms with van der Waals surface area (Å²) < 4.78 is 0.